The van der Waals surface area contributed by atoms with E-state index in [-0.39, 0.29) is 5.56 Å². The Bertz CT molecular complexity index is 724. The van der Waals surface area contributed by atoms with Crippen LogP contribution in [0.15, 0.2) is 46.9 Å². The lowest BCUT2D eigenvalue weighted by molar-refractivity contribution is 0.0976. The lowest BCUT2D eigenvalue weighted by Crippen LogP contribution is -2.12. The van der Waals surface area contributed by atoms with Crippen molar-refractivity contribution < 1.29 is 13.9 Å². The molecule has 2 rings (SSSR count). The van der Waals surface area contributed by atoms with Crippen LogP contribution in [-0.2, 0) is 0 Å². The molecule has 0 saturated heterocycles. The van der Waals surface area contributed by atoms with Crippen LogP contribution in [0.4, 0.5) is 4.39 Å². The second-order valence-corrected chi connectivity index (χ2v) is 5.24. The molecule has 0 spiro atoms. The molecule has 0 heterocycles. The Morgan fingerprint density at radius 2 is 2.10 bits per heavy atom. The van der Waals surface area contributed by atoms with Crippen molar-refractivity contribution in [3.63, 3.8) is 0 Å². The Kier molecular flexibility index (Phi) is 4.71. The molecule has 0 amide bonds. The van der Waals surface area contributed by atoms with E-state index in [0.717, 1.165) is 4.47 Å². The second-order valence-electron chi connectivity index (χ2n) is 4.33. The summed E-state index contributed by atoms with van der Waals surface area (Å²) in [5.41, 5.74) is 0.615. The molecular weight excluding hydrogens is 337 g/mol. The van der Waals surface area contributed by atoms with Crippen LogP contribution in [-0.4, -0.2) is 12.9 Å². The number of hydrogen-bond donors (Lipinski definition) is 0. The predicted octanol–water partition coefficient (Wildman–Crippen LogP) is 4.09. The Balaban J connectivity index is 2.45. The summed E-state index contributed by atoms with van der Waals surface area (Å²) in [6.45, 7) is 0. The molecule has 0 aliphatic heterocycles. The van der Waals surface area contributed by atoms with Gasteiger partial charge in [-0.15, -0.1) is 0 Å². The zero-order valence-corrected chi connectivity index (χ0v) is 12.7. The van der Waals surface area contributed by atoms with Gasteiger partial charge in [-0.25, -0.2) is 4.39 Å². The van der Waals surface area contributed by atoms with Crippen LogP contribution in [0.1, 0.15) is 21.8 Å². The van der Waals surface area contributed by atoms with Crippen molar-refractivity contribution in [1.29, 1.82) is 5.26 Å². The highest BCUT2D eigenvalue weighted by molar-refractivity contribution is 9.10. The van der Waals surface area contributed by atoms with Crippen LogP contribution >= 0.6 is 15.9 Å². The maximum atomic E-state index is 13.3. The number of halogens is 2. The number of ether oxygens (including phenoxy) is 1. The smallest absolute Gasteiger partial charge is 0.188 e. The Morgan fingerprint density at radius 1 is 1.33 bits per heavy atom. The third kappa shape index (κ3) is 3.29. The van der Waals surface area contributed by atoms with Gasteiger partial charge < -0.3 is 4.74 Å². The van der Waals surface area contributed by atoms with Crippen molar-refractivity contribution in [3.05, 3.63) is 63.9 Å². The van der Waals surface area contributed by atoms with Gasteiger partial charge in [-0.1, -0.05) is 28.1 Å². The molecule has 0 aliphatic carbocycles. The maximum absolute atomic E-state index is 13.3. The van der Waals surface area contributed by atoms with Crippen molar-refractivity contribution in [3.8, 4) is 11.8 Å². The molecule has 0 fully saturated rings. The summed E-state index contributed by atoms with van der Waals surface area (Å²) in [5.74, 6) is -1.61. The van der Waals surface area contributed by atoms with Gasteiger partial charge in [0.15, 0.2) is 5.78 Å². The molecule has 5 heteroatoms. The van der Waals surface area contributed by atoms with Crippen molar-refractivity contribution in [2.24, 2.45) is 0 Å². The molecule has 2 aromatic rings. The van der Waals surface area contributed by atoms with Gasteiger partial charge in [0.1, 0.15) is 17.5 Å². The van der Waals surface area contributed by atoms with Gasteiger partial charge in [0.25, 0.3) is 0 Å². The Labute approximate surface area is 130 Å². The minimum atomic E-state index is -1.07. The highest BCUT2D eigenvalue weighted by Crippen LogP contribution is 2.29. The molecular formula is C16H11BrFNO2. The number of carbonyl (C=O) groups excluding carboxylic acids is 1. The number of hydrogen-bond acceptors (Lipinski definition) is 3. The number of rotatable bonds is 4. The van der Waals surface area contributed by atoms with Crippen molar-refractivity contribution in [2.45, 2.75) is 5.92 Å². The standard InChI is InChI=1S/C16H11BrFNO2/c1-21-15-8-11(17)5-6-13(15)16(20)14(9-19)10-3-2-4-12(18)7-10/h2-8,14H,1H3. The Hall–Kier alpha value is -2.19. The van der Waals surface area contributed by atoms with Crippen LogP contribution in [0.5, 0.6) is 5.75 Å². The molecule has 0 N–H and O–H groups in total. The fourth-order valence-corrected chi connectivity index (χ4v) is 2.33. The van der Waals surface area contributed by atoms with Gasteiger partial charge in [-0.3, -0.25) is 4.79 Å². The van der Waals surface area contributed by atoms with E-state index in [2.05, 4.69) is 15.9 Å². The molecule has 0 bridgehead atoms. The van der Waals surface area contributed by atoms with E-state index in [4.69, 9.17) is 4.74 Å². The summed E-state index contributed by atoms with van der Waals surface area (Å²) >= 11 is 3.29. The van der Waals surface area contributed by atoms with Crippen LogP contribution in [0, 0.1) is 17.1 Å². The fraction of sp³-hybridized carbons (Fsp3) is 0.125. The number of Topliss-reactive ketones (excluding diaryl/α,β-unsaturated/α-hetero) is 1. The van der Waals surface area contributed by atoms with Crippen LogP contribution in [0.2, 0.25) is 0 Å². The summed E-state index contributed by atoms with van der Waals surface area (Å²) < 4.78 is 19.2. The molecule has 0 radical (unpaired) electrons. The summed E-state index contributed by atoms with van der Waals surface area (Å²) in [4.78, 5) is 12.5. The summed E-state index contributed by atoms with van der Waals surface area (Å²) in [7, 11) is 1.45. The van der Waals surface area contributed by atoms with Crippen molar-refractivity contribution >= 4 is 21.7 Å². The van der Waals surface area contributed by atoms with Crippen molar-refractivity contribution in [1.82, 2.24) is 0 Å². The topological polar surface area (TPSA) is 50.1 Å². The number of methoxy groups -OCH3 is 1. The summed E-state index contributed by atoms with van der Waals surface area (Å²) in [6.07, 6.45) is 0. The zero-order chi connectivity index (χ0) is 15.4. The van der Waals surface area contributed by atoms with E-state index in [9.17, 15) is 14.4 Å². The first kappa shape index (κ1) is 15.2. The van der Waals surface area contributed by atoms with E-state index in [0.29, 0.717) is 11.3 Å². The van der Waals surface area contributed by atoms with Crippen LogP contribution < -0.4 is 4.74 Å². The third-order valence-corrected chi connectivity index (χ3v) is 3.50. The number of carbonyl (C=O) groups is 1. The molecule has 21 heavy (non-hydrogen) atoms. The van der Waals surface area contributed by atoms with Crippen LogP contribution in [0.3, 0.4) is 0 Å². The minimum absolute atomic E-state index is 0.288. The van der Waals surface area contributed by atoms with Crippen molar-refractivity contribution in [2.75, 3.05) is 7.11 Å². The molecule has 0 aromatic heterocycles. The molecule has 2 aromatic carbocycles. The highest BCUT2D eigenvalue weighted by Gasteiger charge is 2.25. The normalized spacial score (nSPS) is 11.5. The lowest BCUT2D eigenvalue weighted by Gasteiger charge is -2.12. The average Bonchev–Trinajstić information content (AvgIpc) is 2.47. The van der Waals surface area contributed by atoms with E-state index >= 15 is 0 Å². The first-order chi connectivity index (χ1) is 10.1. The SMILES string of the molecule is COc1cc(Br)ccc1C(=O)C(C#N)c1cccc(F)c1. The maximum Gasteiger partial charge on any atom is 0.188 e. The largest absolute Gasteiger partial charge is 0.496 e. The van der Waals surface area contributed by atoms with Gasteiger partial charge >= 0.3 is 0 Å². The third-order valence-electron chi connectivity index (χ3n) is 3.00. The molecule has 0 aliphatic rings. The zero-order valence-electron chi connectivity index (χ0n) is 11.1. The van der Waals surface area contributed by atoms with E-state index in [1.807, 2.05) is 6.07 Å². The second kappa shape index (κ2) is 6.51. The molecule has 1 unspecified atom stereocenters. The highest BCUT2D eigenvalue weighted by atomic mass is 79.9. The van der Waals surface area contributed by atoms with E-state index < -0.39 is 17.5 Å². The van der Waals surface area contributed by atoms with E-state index in [1.165, 1.54) is 25.3 Å². The van der Waals surface area contributed by atoms with Gasteiger partial charge in [-0.05, 0) is 35.9 Å². The number of benzene rings is 2. The first-order valence-electron chi connectivity index (χ1n) is 6.09. The number of ketones is 1. The van der Waals surface area contributed by atoms with Crippen LogP contribution in [0.25, 0.3) is 0 Å². The molecule has 0 saturated carbocycles. The quantitative estimate of drug-likeness (QED) is 0.782. The Morgan fingerprint density at radius 3 is 2.71 bits per heavy atom. The first-order valence-corrected chi connectivity index (χ1v) is 6.89. The summed E-state index contributed by atoms with van der Waals surface area (Å²) in [5, 5.41) is 9.28. The monoisotopic (exact) mass is 347 g/mol. The fourth-order valence-electron chi connectivity index (χ4n) is 1.99. The van der Waals surface area contributed by atoms with Gasteiger partial charge in [0.05, 0.1) is 18.7 Å². The molecule has 3 nitrogen and oxygen atoms in total. The molecule has 106 valence electrons. The average molecular weight is 348 g/mol. The summed E-state index contributed by atoms with van der Waals surface area (Å²) in [6, 6.07) is 12.3. The van der Waals surface area contributed by atoms with Gasteiger partial charge in [-0.2, -0.15) is 5.26 Å². The lowest BCUT2D eigenvalue weighted by atomic mass is 9.91. The minimum Gasteiger partial charge on any atom is -0.496 e. The van der Waals surface area contributed by atoms with E-state index in [1.54, 1.807) is 24.3 Å². The molecule has 1 atom stereocenters. The predicted molar refractivity (Wildman–Crippen MR) is 79.8 cm³/mol. The van der Waals surface area contributed by atoms with Gasteiger partial charge in [0.2, 0.25) is 0 Å². The van der Waals surface area contributed by atoms with Gasteiger partial charge in [0, 0.05) is 4.47 Å². The number of nitriles is 1. The number of nitrogens with zero attached hydrogens (tertiary/aromatic N) is 1.